The van der Waals surface area contributed by atoms with Crippen LogP contribution in [0.5, 0.6) is 0 Å². The summed E-state index contributed by atoms with van der Waals surface area (Å²) in [6.45, 7) is 1.73. The van der Waals surface area contributed by atoms with E-state index in [0.717, 1.165) is 31.2 Å². The lowest BCUT2D eigenvalue weighted by Gasteiger charge is -2.13. The molecule has 8 heteroatoms. The van der Waals surface area contributed by atoms with E-state index in [0.29, 0.717) is 0 Å². The van der Waals surface area contributed by atoms with Crippen LogP contribution in [0.15, 0.2) is 29.2 Å². The van der Waals surface area contributed by atoms with E-state index in [9.17, 15) is 16.8 Å². The fourth-order valence-electron chi connectivity index (χ4n) is 2.47. The quantitative estimate of drug-likeness (QED) is 0.774. The van der Waals surface area contributed by atoms with Crippen LogP contribution in [-0.4, -0.2) is 35.2 Å². The molecule has 22 heavy (non-hydrogen) atoms. The molecule has 0 bridgehead atoms. The van der Waals surface area contributed by atoms with Gasteiger partial charge in [-0.15, -0.1) is 0 Å². The Morgan fingerprint density at radius 2 is 1.64 bits per heavy atom. The van der Waals surface area contributed by atoms with Crippen LogP contribution in [0, 0.1) is 6.92 Å². The monoisotopic (exact) mass is 346 g/mol. The molecule has 0 saturated heterocycles. The second-order valence-corrected chi connectivity index (χ2v) is 9.27. The highest BCUT2D eigenvalue weighted by Crippen LogP contribution is 2.18. The van der Waals surface area contributed by atoms with E-state index in [4.69, 9.17) is 0 Å². The Morgan fingerprint density at radius 1 is 1.05 bits per heavy atom. The van der Waals surface area contributed by atoms with E-state index in [1.807, 2.05) is 6.92 Å². The van der Waals surface area contributed by atoms with Crippen molar-refractivity contribution in [3.63, 3.8) is 0 Å². The van der Waals surface area contributed by atoms with E-state index in [2.05, 4.69) is 9.44 Å². The molecular formula is C14H22N2O4S2. The molecule has 0 aromatic heterocycles. The van der Waals surface area contributed by atoms with Gasteiger partial charge in [-0.05, 0) is 31.9 Å². The van der Waals surface area contributed by atoms with Gasteiger partial charge in [-0.25, -0.2) is 26.3 Å². The van der Waals surface area contributed by atoms with Crippen molar-refractivity contribution in [2.45, 2.75) is 43.5 Å². The molecular weight excluding hydrogens is 324 g/mol. The molecule has 1 saturated carbocycles. The number of sulfonamides is 2. The van der Waals surface area contributed by atoms with Crippen LogP contribution in [-0.2, 0) is 20.0 Å². The van der Waals surface area contributed by atoms with Gasteiger partial charge in [0.1, 0.15) is 0 Å². The third-order valence-electron chi connectivity index (χ3n) is 3.70. The highest BCUT2D eigenvalue weighted by molar-refractivity contribution is 7.90. The summed E-state index contributed by atoms with van der Waals surface area (Å²) < 4.78 is 52.9. The molecule has 0 unspecified atom stereocenters. The van der Waals surface area contributed by atoms with Crippen molar-refractivity contribution < 1.29 is 16.8 Å². The van der Waals surface area contributed by atoms with Crippen molar-refractivity contribution in [3.8, 4) is 0 Å². The average molecular weight is 346 g/mol. The Morgan fingerprint density at radius 3 is 2.23 bits per heavy atom. The fraction of sp³-hybridized carbons (Fsp3) is 0.571. The maximum Gasteiger partial charge on any atom is 0.240 e. The number of nitrogens with one attached hydrogen (secondary N) is 2. The molecule has 1 aliphatic rings. The van der Waals surface area contributed by atoms with Gasteiger partial charge >= 0.3 is 0 Å². The largest absolute Gasteiger partial charge is 0.240 e. The topological polar surface area (TPSA) is 92.3 Å². The van der Waals surface area contributed by atoms with Gasteiger partial charge in [-0.1, -0.05) is 30.5 Å². The van der Waals surface area contributed by atoms with Crippen LogP contribution in [0.1, 0.15) is 31.2 Å². The Hall–Kier alpha value is -0.960. The zero-order valence-electron chi connectivity index (χ0n) is 12.6. The van der Waals surface area contributed by atoms with Crippen molar-refractivity contribution in [1.82, 2.24) is 9.44 Å². The second kappa shape index (κ2) is 7.08. The summed E-state index contributed by atoms with van der Waals surface area (Å²) in [5, 5.41) is 0. The smallest absolute Gasteiger partial charge is 0.212 e. The summed E-state index contributed by atoms with van der Waals surface area (Å²) >= 11 is 0. The maximum atomic E-state index is 12.0. The van der Waals surface area contributed by atoms with Crippen LogP contribution in [0.3, 0.4) is 0 Å². The molecule has 2 rings (SSSR count). The van der Waals surface area contributed by atoms with Gasteiger partial charge in [-0.2, -0.15) is 0 Å². The van der Waals surface area contributed by atoms with E-state index in [1.165, 1.54) is 12.1 Å². The minimum Gasteiger partial charge on any atom is -0.212 e. The standard InChI is InChI=1S/C14H22N2O4S2/c1-12-6-8-14(9-7-12)22(19,20)15-10-11-21(17,18)16-13-4-2-3-5-13/h6-9,13,15-16H,2-5,10-11H2,1H3. The van der Waals surface area contributed by atoms with Crippen LogP contribution < -0.4 is 9.44 Å². The van der Waals surface area contributed by atoms with E-state index in [1.54, 1.807) is 12.1 Å². The van der Waals surface area contributed by atoms with Crippen molar-refractivity contribution in [1.29, 1.82) is 0 Å². The third kappa shape index (κ3) is 5.05. The molecule has 0 aliphatic heterocycles. The Kier molecular flexibility index (Phi) is 5.60. The van der Waals surface area contributed by atoms with Crippen LogP contribution in [0.2, 0.25) is 0 Å². The molecule has 0 radical (unpaired) electrons. The normalized spacial score (nSPS) is 17.0. The summed E-state index contributed by atoms with van der Waals surface area (Å²) in [5.41, 5.74) is 0.960. The summed E-state index contributed by atoms with van der Waals surface area (Å²) in [4.78, 5) is 0.138. The first-order chi connectivity index (χ1) is 10.3. The molecule has 1 aromatic rings. The minimum absolute atomic E-state index is 0.00120. The number of hydrogen-bond donors (Lipinski definition) is 2. The third-order valence-corrected chi connectivity index (χ3v) is 6.61. The minimum atomic E-state index is -3.67. The second-order valence-electron chi connectivity index (χ2n) is 5.63. The lowest BCUT2D eigenvalue weighted by Crippen LogP contribution is -2.38. The highest BCUT2D eigenvalue weighted by atomic mass is 32.2. The first kappa shape index (κ1) is 17.4. The van der Waals surface area contributed by atoms with Crippen LogP contribution in [0.4, 0.5) is 0 Å². The van der Waals surface area contributed by atoms with Gasteiger partial charge in [0.25, 0.3) is 0 Å². The lowest BCUT2D eigenvalue weighted by molar-refractivity contribution is 0.550. The van der Waals surface area contributed by atoms with Crippen molar-refractivity contribution >= 4 is 20.0 Å². The molecule has 0 spiro atoms. The molecule has 0 heterocycles. The summed E-state index contributed by atoms with van der Waals surface area (Å²) in [7, 11) is -7.12. The van der Waals surface area contributed by atoms with Gasteiger partial charge in [0.05, 0.1) is 10.6 Å². The number of hydrogen-bond acceptors (Lipinski definition) is 4. The van der Waals surface area contributed by atoms with Gasteiger partial charge in [0.15, 0.2) is 0 Å². The van der Waals surface area contributed by atoms with Gasteiger partial charge < -0.3 is 0 Å². The first-order valence-corrected chi connectivity index (χ1v) is 10.5. The maximum absolute atomic E-state index is 12.0. The SMILES string of the molecule is Cc1ccc(S(=O)(=O)NCCS(=O)(=O)NC2CCCC2)cc1. The average Bonchev–Trinajstić information content (AvgIpc) is 2.90. The molecule has 124 valence electrons. The van der Waals surface area contributed by atoms with Gasteiger partial charge in [0, 0.05) is 12.6 Å². The molecule has 1 fully saturated rings. The Labute approximate surface area is 132 Å². The fourth-order valence-corrected chi connectivity index (χ4v) is 4.86. The zero-order chi connectivity index (χ0) is 16.2. The van der Waals surface area contributed by atoms with Crippen molar-refractivity contribution in [2.75, 3.05) is 12.3 Å². The molecule has 1 aromatic carbocycles. The van der Waals surface area contributed by atoms with Crippen LogP contribution in [0.25, 0.3) is 0 Å². The predicted molar refractivity (Wildman–Crippen MR) is 85.5 cm³/mol. The molecule has 2 N–H and O–H groups in total. The van der Waals surface area contributed by atoms with Gasteiger partial charge in [-0.3, -0.25) is 0 Å². The molecule has 0 atom stereocenters. The van der Waals surface area contributed by atoms with E-state index < -0.39 is 20.0 Å². The molecule has 0 amide bonds. The predicted octanol–water partition coefficient (Wildman–Crippen LogP) is 1.14. The van der Waals surface area contributed by atoms with Crippen molar-refractivity contribution in [2.24, 2.45) is 0 Å². The highest BCUT2D eigenvalue weighted by Gasteiger charge is 2.22. The number of benzene rings is 1. The molecule has 1 aliphatic carbocycles. The van der Waals surface area contributed by atoms with E-state index in [-0.39, 0.29) is 23.2 Å². The zero-order valence-corrected chi connectivity index (χ0v) is 14.2. The first-order valence-electron chi connectivity index (χ1n) is 7.35. The lowest BCUT2D eigenvalue weighted by atomic mass is 10.2. The summed E-state index contributed by atoms with van der Waals surface area (Å²) in [6.07, 6.45) is 3.78. The number of rotatable bonds is 7. The van der Waals surface area contributed by atoms with Crippen molar-refractivity contribution in [3.05, 3.63) is 29.8 Å². The Bertz CT molecular complexity index is 691. The van der Waals surface area contributed by atoms with Crippen LogP contribution >= 0.6 is 0 Å². The summed E-state index contributed by atoms with van der Waals surface area (Å²) in [6, 6.07) is 6.41. The molecule has 6 nitrogen and oxygen atoms in total. The van der Waals surface area contributed by atoms with E-state index >= 15 is 0 Å². The number of aryl methyl sites for hydroxylation is 1. The van der Waals surface area contributed by atoms with Gasteiger partial charge in [0.2, 0.25) is 20.0 Å². The summed E-state index contributed by atoms with van der Waals surface area (Å²) in [5.74, 6) is -0.255. The Balaban J connectivity index is 1.87.